The van der Waals surface area contributed by atoms with Gasteiger partial charge in [-0.1, -0.05) is 12.1 Å². The van der Waals surface area contributed by atoms with Gasteiger partial charge < -0.3 is 25.1 Å². The van der Waals surface area contributed by atoms with E-state index < -0.39 is 24.4 Å². The molecule has 2 rings (SSSR count). The number of amides is 2. The summed E-state index contributed by atoms with van der Waals surface area (Å²) in [7, 11) is -0.462. The lowest BCUT2D eigenvalue weighted by Crippen LogP contribution is -2.41. The summed E-state index contributed by atoms with van der Waals surface area (Å²) in [5, 5.41) is 2.64. The van der Waals surface area contributed by atoms with Crippen LogP contribution >= 0.6 is 0 Å². The Bertz CT molecular complexity index is 599. The molecule has 1 aliphatic rings. The Labute approximate surface area is 142 Å². The molecule has 0 aromatic heterocycles. The molecule has 24 heavy (non-hydrogen) atoms. The summed E-state index contributed by atoms with van der Waals surface area (Å²) in [5.74, 6) is -0.261. The second-order valence-electron chi connectivity index (χ2n) is 6.63. The second-order valence-corrected chi connectivity index (χ2v) is 6.63. The van der Waals surface area contributed by atoms with Gasteiger partial charge in [0.05, 0.1) is 17.7 Å². The van der Waals surface area contributed by atoms with E-state index in [0.29, 0.717) is 5.56 Å². The Morgan fingerprint density at radius 1 is 1.12 bits per heavy atom. The molecule has 0 saturated carbocycles. The van der Waals surface area contributed by atoms with E-state index >= 15 is 0 Å². The van der Waals surface area contributed by atoms with Gasteiger partial charge in [0.2, 0.25) is 0 Å². The fourth-order valence-corrected chi connectivity index (χ4v) is 2.19. The highest BCUT2D eigenvalue weighted by atomic mass is 16.7. The van der Waals surface area contributed by atoms with Crippen LogP contribution in [-0.2, 0) is 14.0 Å². The van der Waals surface area contributed by atoms with Crippen LogP contribution in [0.15, 0.2) is 24.3 Å². The summed E-state index contributed by atoms with van der Waals surface area (Å²) in [4.78, 5) is 22.4. The first-order valence-corrected chi connectivity index (χ1v) is 7.78. The van der Waals surface area contributed by atoms with Crippen molar-refractivity contribution >= 4 is 24.6 Å². The van der Waals surface area contributed by atoms with Crippen LogP contribution in [0.3, 0.4) is 0 Å². The Balaban J connectivity index is 1.94. The first kappa shape index (κ1) is 18.3. The van der Waals surface area contributed by atoms with Crippen molar-refractivity contribution in [2.45, 2.75) is 38.9 Å². The minimum Gasteiger partial charge on any atom is -0.448 e. The van der Waals surface area contributed by atoms with Gasteiger partial charge in [0.1, 0.15) is 6.61 Å². The maximum Gasteiger partial charge on any atom is 0.494 e. The Hall–Kier alpha value is -2.06. The number of rotatable bonds is 5. The quantitative estimate of drug-likeness (QED) is 0.613. The van der Waals surface area contributed by atoms with Crippen molar-refractivity contribution in [2.75, 3.05) is 13.2 Å². The lowest BCUT2D eigenvalue weighted by Gasteiger charge is -2.32. The third kappa shape index (κ3) is 4.07. The van der Waals surface area contributed by atoms with Crippen molar-refractivity contribution < 1.29 is 23.6 Å². The fourth-order valence-electron chi connectivity index (χ4n) is 2.19. The van der Waals surface area contributed by atoms with Crippen LogP contribution in [0.25, 0.3) is 0 Å². The molecule has 1 aliphatic heterocycles. The summed E-state index contributed by atoms with van der Waals surface area (Å²) in [6, 6.07) is 7.00. The van der Waals surface area contributed by atoms with Gasteiger partial charge in [-0.25, -0.2) is 4.79 Å². The lowest BCUT2D eigenvalue weighted by molar-refractivity contribution is 0.00578. The van der Waals surface area contributed by atoms with Crippen LogP contribution < -0.4 is 16.5 Å². The molecule has 130 valence electrons. The molecular formula is C16H23BN2O5. The summed E-state index contributed by atoms with van der Waals surface area (Å²) in [6.45, 7) is 8.19. The first-order valence-electron chi connectivity index (χ1n) is 7.78. The summed E-state index contributed by atoms with van der Waals surface area (Å²) >= 11 is 0. The van der Waals surface area contributed by atoms with Crippen molar-refractivity contribution in [3.05, 3.63) is 29.8 Å². The van der Waals surface area contributed by atoms with Gasteiger partial charge in [-0.3, -0.25) is 4.79 Å². The third-order valence-corrected chi connectivity index (χ3v) is 4.33. The van der Waals surface area contributed by atoms with Gasteiger partial charge in [-0.05, 0) is 45.3 Å². The number of hydrogen-bond donors (Lipinski definition) is 2. The van der Waals surface area contributed by atoms with Crippen molar-refractivity contribution in [3.8, 4) is 0 Å². The van der Waals surface area contributed by atoms with Gasteiger partial charge in [0.15, 0.2) is 0 Å². The van der Waals surface area contributed by atoms with Crippen LogP contribution in [0.1, 0.15) is 38.1 Å². The Morgan fingerprint density at radius 3 is 2.17 bits per heavy atom. The van der Waals surface area contributed by atoms with E-state index in [4.69, 9.17) is 15.0 Å². The van der Waals surface area contributed by atoms with E-state index in [9.17, 15) is 9.59 Å². The normalized spacial score (nSPS) is 18.2. The number of carbonyl (C=O) groups is 2. The molecular weight excluding hydrogens is 311 g/mol. The zero-order valence-electron chi connectivity index (χ0n) is 14.4. The highest BCUT2D eigenvalue weighted by molar-refractivity contribution is 6.62. The standard InChI is InChI=1S/C16H23BN2O5/c1-15(2)16(3,4)24-17(23-15)12-7-5-11(6-8-12)13(20)19-9-10-22-14(18)21/h5-8H,9-10H2,1-4H3,(H2,18,21)(H,19,20). The maximum absolute atomic E-state index is 12.0. The van der Waals surface area contributed by atoms with Crippen molar-refractivity contribution in [3.63, 3.8) is 0 Å². The number of nitrogens with one attached hydrogen (secondary N) is 1. The zero-order valence-corrected chi connectivity index (χ0v) is 14.4. The second kappa shape index (κ2) is 6.82. The van der Waals surface area contributed by atoms with E-state index in [1.807, 2.05) is 27.7 Å². The Kier molecular flexibility index (Phi) is 5.20. The van der Waals surface area contributed by atoms with Crippen molar-refractivity contribution in [2.24, 2.45) is 5.73 Å². The van der Waals surface area contributed by atoms with Gasteiger partial charge in [0.25, 0.3) is 5.91 Å². The number of benzene rings is 1. The van der Waals surface area contributed by atoms with Crippen molar-refractivity contribution in [1.82, 2.24) is 5.32 Å². The Morgan fingerprint density at radius 2 is 1.67 bits per heavy atom. The molecule has 0 unspecified atom stereocenters. The van der Waals surface area contributed by atoms with Crippen LogP contribution in [0, 0.1) is 0 Å². The molecule has 0 aliphatic carbocycles. The van der Waals surface area contributed by atoms with Crippen LogP contribution in [-0.4, -0.2) is 43.5 Å². The van der Waals surface area contributed by atoms with Crippen molar-refractivity contribution in [1.29, 1.82) is 0 Å². The first-order chi connectivity index (χ1) is 11.1. The minimum absolute atomic E-state index is 0.0348. The van der Waals surface area contributed by atoms with E-state index in [0.717, 1.165) is 5.46 Å². The smallest absolute Gasteiger partial charge is 0.448 e. The van der Waals surface area contributed by atoms with E-state index in [1.165, 1.54) is 0 Å². The van der Waals surface area contributed by atoms with Gasteiger partial charge in [-0.15, -0.1) is 0 Å². The topological polar surface area (TPSA) is 99.9 Å². The molecule has 1 aromatic carbocycles. The van der Waals surface area contributed by atoms with Crippen LogP contribution in [0.4, 0.5) is 4.79 Å². The fraction of sp³-hybridized carbons (Fsp3) is 0.500. The molecule has 2 amide bonds. The number of hydrogen-bond acceptors (Lipinski definition) is 5. The van der Waals surface area contributed by atoms with Crippen LogP contribution in [0.2, 0.25) is 0 Å². The van der Waals surface area contributed by atoms with E-state index in [1.54, 1.807) is 24.3 Å². The number of primary amides is 1. The predicted molar refractivity (Wildman–Crippen MR) is 90.0 cm³/mol. The molecule has 1 saturated heterocycles. The molecule has 0 spiro atoms. The van der Waals surface area contributed by atoms with Gasteiger partial charge in [-0.2, -0.15) is 0 Å². The van der Waals surface area contributed by atoms with E-state index in [-0.39, 0.29) is 19.1 Å². The molecule has 0 bridgehead atoms. The highest BCUT2D eigenvalue weighted by Gasteiger charge is 2.51. The van der Waals surface area contributed by atoms with Gasteiger partial charge in [0, 0.05) is 5.56 Å². The zero-order chi connectivity index (χ0) is 18.0. The summed E-state index contributed by atoms with van der Waals surface area (Å²) < 4.78 is 16.5. The molecule has 0 radical (unpaired) electrons. The summed E-state index contributed by atoms with van der Waals surface area (Å²) in [6.07, 6.45) is -0.865. The van der Waals surface area contributed by atoms with Gasteiger partial charge >= 0.3 is 13.2 Å². The largest absolute Gasteiger partial charge is 0.494 e. The molecule has 8 heteroatoms. The number of nitrogens with two attached hydrogens (primary N) is 1. The third-order valence-electron chi connectivity index (χ3n) is 4.33. The average Bonchev–Trinajstić information content (AvgIpc) is 2.72. The summed E-state index contributed by atoms with van der Waals surface area (Å²) in [5.41, 5.74) is 5.36. The molecule has 3 N–H and O–H groups in total. The predicted octanol–water partition coefficient (Wildman–Crippen LogP) is 0.811. The molecule has 1 heterocycles. The SMILES string of the molecule is CC1(C)OB(c2ccc(C(=O)NCCOC(N)=O)cc2)OC1(C)C. The average molecular weight is 334 g/mol. The highest BCUT2D eigenvalue weighted by Crippen LogP contribution is 2.36. The van der Waals surface area contributed by atoms with Crippen LogP contribution in [0.5, 0.6) is 0 Å². The maximum atomic E-state index is 12.0. The minimum atomic E-state index is -0.865. The van der Waals surface area contributed by atoms with E-state index in [2.05, 4.69) is 10.1 Å². The molecule has 1 fully saturated rings. The number of ether oxygens (including phenoxy) is 1. The monoisotopic (exact) mass is 334 g/mol. The molecule has 7 nitrogen and oxygen atoms in total. The molecule has 1 aromatic rings. The lowest BCUT2D eigenvalue weighted by atomic mass is 9.79. The molecule has 0 atom stereocenters. The number of carbonyl (C=O) groups excluding carboxylic acids is 2.